The second kappa shape index (κ2) is 6.71. The molecule has 0 aromatic carbocycles. The van der Waals surface area contributed by atoms with Crippen LogP contribution in [0.4, 0.5) is 0 Å². The summed E-state index contributed by atoms with van der Waals surface area (Å²) in [5, 5.41) is 2.79. The lowest BCUT2D eigenvalue weighted by Crippen LogP contribution is -2.40. The van der Waals surface area contributed by atoms with Crippen LogP contribution in [-0.4, -0.2) is 45.7 Å². The summed E-state index contributed by atoms with van der Waals surface area (Å²) < 4.78 is 28.5. The molecule has 4 nitrogen and oxygen atoms in total. The summed E-state index contributed by atoms with van der Waals surface area (Å²) in [6.45, 7) is 2.67. The maximum atomic E-state index is 11.5. The van der Waals surface area contributed by atoms with Gasteiger partial charge in [-0.3, -0.25) is 0 Å². The molecule has 0 aliphatic carbocycles. The molecule has 3 atom stereocenters. The van der Waals surface area contributed by atoms with Gasteiger partial charge < -0.3 is 10.1 Å². The molecule has 0 amide bonds. The Morgan fingerprint density at radius 1 is 1.47 bits per heavy atom. The predicted octanol–water partition coefficient (Wildman–Crippen LogP) is 1.36. The van der Waals surface area contributed by atoms with Gasteiger partial charge in [0, 0.05) is 18.9 Å². The number of nitrogens with one attached hydrogen (secondary N) is 1. The van der Waals surface area contributed by atoms with E-state index in [1.54, 1.807) is 6.92 Å². The van der Waals surface area contributed by atoms with Crippen LogP contribution in [0.1, 0.15) is 39.0 Å². The average molecular weight is 263 g/mol. The summed E-state index contributed by atoms with van der Waals surface area (Å²) in [6, 6.07) is 0.0476. The van der Waals surface area contributed by atoms with Gasteiger partial charge in [0.15, 0.2) is 9.84 Å². The molecule has 0 radical (unpaired) electrons. The average Bonchev–Trinajstić information content (AvgIpc) is 2.75. The molecule has 17 heavy (non-hydrogen) atoms. The summed E-state index contributed by atoms with van der Waals surface area (Å²) >= 11 is 0. The van der Waals surface area contributed by atoms with Gasteiger partial charge in [0.1, 0.15) is 0 Å². The molecule has 0 spiro atoms. The van der Waals surface area contributed by atoms with E-state index in [0.717, 1.165) is 32.3 Å². The Hall–Kier alpha value is -0.130. The van der Waals surface area contributed by atoms with Crippen LogP contribution < -0.4 is 5.32 Å². The zero-order valence-corrected chi connectivity index (χ0v) is 11.9. The number of sulfone groups is 1. The summed E-state index contributed by atoms with van der Waals surface area (Å²) in [7, 11) is -1.13. The highest BCUT2D eigenvalue weighted by Gasteiger charge is 2.24. The number of hydrogen-bond donors (Lipinski definition) is 1. The standard InChI is InChI=1S/C12H25NO3S/c1-10(17(3,14)15)12(13-2)8-4-6-11-7-5-9-16-11/h10-13H,4-9H2,1-3H3. The summed E-state index contributed by atoms with van der Waals surface area (Å²) in [5.41, 5.74) is 0. The summed E-state index contributed by atoms with van der Waals surface area (Å²) in [5.74, 6) is 0. The van der Waals surface area contributed by atoms with E-state index in [1.165, 1.54) is 12.7 Å². The summed E-state index contributed by atoms with van der Waals surface area (Å²) in [6.07, 6.45) is 7.00. The first-order valence-corrected chi connectivity index (χ1v) is 8.38. The van der Waals surface area contributed by atoms with E-state index >= 15 is 0 Å². The van der Waals surface area contributed by atoms with Gasteiger partial charge in [-0.05, 0) is 46.1 Å². The first-order valence-electron chi connectivity index (χ1n) is 6.43. The minimum absolute atomic E-state index is 0.0476. The molecule has 102 valence electrons. The topological polar surface area (TPSA) is 55.4 Å². The smallest absolute Gasteiger partial charge is 0.151 e. The van der Waals surface area contributed by atoms with Gasteiger partial charge in [0.2, 0.25) is 0 Å². The Bertz CT molecular complexity index is 310. The van der Waals surface area contributed by atoms with E-state index < -0.39 is 9.84 Å². The molecule has 0 saturated carbocycles. The van der Waals surface area contributed by atoms with Crippen molar-refractivity contribution in [3.05, 3.63) is 0 Å². The molecule has 1 saturated heterocycles. The van der Waals surface area contributed by atoms with Crippen molar-refractivity contribution in [3.63, 3.8) is 0 Å². The second-order valence-electron chi connectivity index (χ2n) is 5.00. The van der Waals surface area contributed by atoms with Crippen molar-refractivity contribution in [2.45, 2.75) is 56.4 Å². The minimum Gasteiger partial charge on any atom is -0.378 e. The Balaban J connectivity index is 2.31. The molecule has 0 bridgehead atoms. The highest BCUT2D eigenvalue weighted by atomic mass is 32.2. The predicted molar refractivity (Wildman–Crippen MR) is 70.0 cm³/mol. The first-order chi connectivity index (χ1) is 7.95. The van der Waals surface area contributed by atoms with Crippen LogP contribution in [0, 0.1) is 0 Å². The van der Waals surface area contributed by atoms with Gasteiger partial charge in [-0.2, -0.15) is 0 Å². The van der Waals surface area contributed by atoms with E-state index in [-0.39, 0.29) is 11.3 Å². The van der Waals surface area contributed by atoms with Gasteiger partial charge in [0.25, 0.3) is 0 Å². The normalized spacial score (nSPS) is 24.8. The quantitative estimate of drug-likeness (QED) is 0.753. The van der Waals surface area contributed by atoms with Crippen molar-refractivity contribution in [3.8, 4) is 0 Å². The van der Waals surface area contributed by atoms with Crippen molar-refractivity contribution >= 4 is 9.84 Å². The third-order valence-electron chi connectivity index (χ3n) is 3.68. The fourth-order valence-corrected chi connectivity index (χ4v) is 3.22. The molecule has 0 aromatic heterocycles. The van der Waals surface area contributed by atoms with Gasteiger partial charge in [-0.15, -0.1) is 0 Å². The maximum Gasteiger partial charge on any atom is 0.151 e. The van der Waals surface area contributed by atoms with Crippen LogP contribution in [0.3, 0.4) is 0 Å². The minimum atomic E-state index is -2.96. The zero-order chi connectivity index (χ0) is 12.9. The van der Waals surface area contributed by atoms with E-state index in [1.807, 2.05) is 7.05 Å². The van der Waals surface area contributed by atoms with Gasteiger partial charge >= 0.3 is 0 Å². The van der Waals surface area contributed by atoms with E-state index in [4.69, 9.17) is 4.74 Å². The Labute approximate surface area is 105 Å². The van der Waals surface area contributed by atoms with Gasteiger partial charge in [-0.25, -0.2) is 8.42 Å². The fourth-order valence-electron chi connectivity index (χ4n) is 2.35. The number of rotatable bonds is 7. The van der Waals surface area contributed by atoms with Gasteiger partial charge in [-0.1, -0.05) is 0 Å². The SMILES string of the molecule is CNC(CCCC1CCCO1)C(C)S(C)(=O)=O. The molecule has 1 heterocycles. The molecule has 3 unspecified atom stereocenters. The number of hydrogen-bond acceptors (Lipinski definition) is 4. The van der Waals surface area contributed by atoms with Crippen molar-refractivity contribution in [2.24, 2.45) is 0 Å². The Morgan fingerprint density at radius 2 is 2.18 bits per heavy atom. The van der Waals surface area contributed by atoms with E-state index in [9.17, 15) is 8.42 Å². The third kappa shape index (κ3) is 4.94. The van der Waals surface area contributed by atoms with Crippen LogP contribution in [0.2, 0.25) is 0 Å². The van der Waals surface area contributed by atoms with Crippen molar-refractivity contribution in [1.29, 1.82) is 0 Å². The first kappa shape index (κ1) is 14.9. The van der Waals surface area contributed by atoms with Crippen LogP contribution in [0.25, 0.3) is 0 Å². The molecule has 1 aliphatic heterocycles. The van der Waals surface area contributed by atoms with Gasteiger partial charge in [0.05, 0.1) is 11.4 Å². The van der Waals surface area contributed by atoms with Crippen molar-refractivity contribution in [2.75, 3.05) is 19.9 Å². The molecular weight excluding hydrogens is 238 g/mol. The Kier molecular flexibility index (Phi) is 5.89. The molecule has 1 aliphatic rings. The van der Waals surface area contributed by atoms with E-state index in [2.05, 4.69) is 5.32 Å². The van der Waals surface area contributed by atoms with Crippen molar-refractivity contribution < 1.29 is 13.2 Å². The number of ether oxygens (including phenoxy) is 1. The molecule has 5 heteroatoms. The maximum absolute atomic E-state index is 11.5. The Morgan fingerprint density at radius 3 is 2.65 bits per heavy atom. The summed E-state index contributed by atoms with van der Waals surface area (Å²) in [4.78, 5) is 0. The van der Waals surface area contributed by atoms with Crippen LogP contribution in [-0.2, 0) is 14.6 Å². The third-order valence-corrected chi connectivity index (χ3v) is 5.36. The molecule has 1 rings (SSSR count). The molecule has 1 fully saturated rings. The fraction of sp³-hybridized carbons (Fsp3) is 1.00. The van der Waals surface area contributed by atoms with Crippen LogP contribution in [0.15, 0.2) is 0 Å². The lowest BCUT2D eigenvalue weighted by Gasteiger charge is -2.22. The lowest BCUT2D eigenvalue weighted by molar-refractivity contribution is 0.101. The molecule has 0 aromatic rings. The highest BCUT2D eigenvalue weighted by molar-refractivity contribution is 7.91. The monoisotopic (exact) mass is 263 g/mol. The van der Waals surface area contributed by atoms with E-state index in [0.29, 0.717) is 6.10 Å². The van der Waals surface area contributed by atoms with Crippen LogP contribution >= 0.6 is 0 Å². The van der Waals surface area contributed by atoms with Crippen LogP contribution in [0.5, 0.6) is 0 Å². The van der Waals surface area contributed by atoms with Crippen molar-refractivity contribution in [1.82, 2.24) is 5.32 Å². The largest absolute Gasteiger partial charge is 0.378 e. The second-order valence-corrected chi connectivity index (χ2v) is 7.40. The zero-order valence-electron chi connectivity index (χ0n) is 11.1. The highest BCUT2D eigenvalue weighted by Crippen LogP contribution is 2.19. The lowest BCUT2D eigenvalue weighted by atomic mass is 10.0. The molecular formula is C12H25NO3S. The molecule has 1 N–H and O–H groups in total.